The van der Waals surface area contributed by atoms with E-state index >= 15 is 0 Å². The number of rotatable bonds is 3. The van der Waals surface area contributed by atoms with Gasteiger partial charge in [0.15, 0.2) is 0 Å². The highest BCUT2D eigenvalue weighted by Gasteiger charge is 2.03. The Morgan fingerprint density at radius 2 is 1.72 bits per heavy atom. The molecule has 0 bridgehead atoms. The maximum Gasteiger partial charge on any atom is 0.137 e. The maximum atomic E-state index is 13.0. The van der Waals surface area contributed by atoms with Crippen molar-refractivity contribution in [2.75, 3.05) is 5.32 Å². The van der Waals surface area contributed by atoms with Crippen LogP contribution in [0.25, 0.3) is 0 Å². The number of nitrogens with one attached hydrogen (secondary N) is 1. The molecule has 0 aliphatic rings. The van der Waals surface area contributed by atoms with Gasteiger partial charge in [0.1, 0.15) is 11.6 Å². The molecule has 2 aromatic carbocycles. The van der Waals surface area contributed by atoms with Gasteiger partial charge in [-0.25, -0.2) is 8.78 Å². The zero-order valence-corrected chi connectivity index (χ0v) is 12.4. The largest absolute Gasteiger partial charge is 0.381 e. The Morgan fingerprint density at radius 1 is 0.944 bits per heavy atom. The number of benzene rings is 2. The number of hydrogen-bond donors (Lipinski definition) is 1. The molecular weight excluding hydrogens is 368 g/mol. The second-order valence-electron chi connectivity index (χ2n) is 3.72. The lowest BCUT2D eigenvalue weighted by Gasteiger charge is -2.09. The van der Waals surface area contributed by atoms with Gasteiger partial charge in [0.2, 0.25) is 0 Å². The highest BCUT2D eigenvalue weighted by Crippen LogP contribution is 2.22. The van der Waals surface area contributed by atoms with Gasteiger partial charge in [-0.2, -0.15) is 0 Å². The first-order chi connectivity index (χ1) is 8.56. The van der Waals surface area contributed by atoms with E-state index in [0.29, 0.717) is 15.5 Å². The van der Waals surface area contributed by atoms with E-state index in [1.165, 1.54) is 18.2 Å². The van der Waals surface area contributed by atoms with E-state index < -0.39 is 0 Å². The van der Waals surface area contributed by atoms with Crippen LogP contribution < -0.4 is 5.32 Å². The molecule has 0 heterocycles. The fourth-order valence-corrected chi connectivity index (χ4v) is 2.34. The van der Waals surface area contributed by atoms with E-state index in [9.17, 15) is 8.78 Å². The van der Waals surface area contributed by atoms with E-state index in [0.717, 1.165) is 11.3 Å². The zero-order valence-electron chi connectivity index (χ0n) is 9.18. The lowest BCUT2D eigenvalue weighted by atomic mass is 10.2. The zero-order chi connectivity index (χ0) is 13.1. The molecule has 1 nitrogen and oxygen atoms in total. The van der Waals surface area contributed by atoms with Gasteiger partial charge in [-0.15, -0.1) is 0 Å². The molecule has 0 aliphatic heterocycles. The third-order valence-electron chi connectivity index (χ3n) is 2.42. The summed E-state index contributed by atoms with van der Waals surface area (Å²) in [5.74, 6) is -0.585. The first kappa shape index (κ1) is 13.5. The number of anilines is 1. The molecule has 0 amide bonds. The first-order valence-electron chi connectivity index (χ1n) is 5.19. The van der Waals surface area contributed by atoms with Crippen LogP contribution in [0.5, 0.6) is 0 Å². The molecule has 0 saturated heterocycles. The van der Waals surface area contributed by atoms with E-state index in [-0.39, 0.29) is 11.6 Å². The van der Waals surface area contributed by atoms with Crippen LogP contribution in [0.15, 0.2) is 45.3 Å². The van der Waals surface area contributed by atoms with Gasteiger partial charge in [0, 0.05) is 16.7 Å². The van der Waals surface area contributed by atoms with Gasteiger partial charge in [0.05, 0.1) is 4.47 Å². The Labute approximate surface area is 120 Å². The minimum absolute atomic E-state index is 0.282. The van der Waals surface area contributed by atoms with Crippen molar-refractivity contribution in [3.05, 3.63) is 62.5 Å². The highest BCUT2D eigenvalue weighted by atomic mass is 79.9. The molecule has 94 valence electrons. The van der Waals surface area contributed by atoms with Crippen molar-refractivity contribution in [2.45, 2.75) is 6.54 Å². The molecular formula is C13H9Br2F2N. The summed E-state index contributed by atoms with van der Waals surface area (Å²) in [6, 6.07) is 9.21. The molecule has 0 saturated carbocycles. The summed E-state index contributed by atoms with van der Waals surface area (Å²) in [6.45, 7) is 0.527. The molecule has 0 atom stereocenters. The van der Waals surface area contributed by atoms with Crippen LogP contribution in [0.4, 0.5) is 14.5 Å². The molecule has 5 heteroatoms. The van der Waals surface area contributed by atoms with Gasteiger partial charge in [-0.05, 0) is 51.8 Å². The molecule has 2 aromatic rings. The van der Waals surface area contributed by atoms with Crippen molar-refractivity contribution in [1.29, 1.82) is 0 Å². The summed E-state index contributed by atoms with van der Waals surface area (Å²) in [7, 11) is 0. The maximum absolute atomic E-state index is 13.0. The minimum Gasteiger partial charge on any atom is -0.381 e. The SMILES string of the molecule is Fc1ccc(CNc2ccc(F)c(Br)c2)c(Br)c1. The first-order valence-corrected chi connectivity index (χ1v) is 6.78. The molecule has 0 aliphatic carbocycles. The van der Waals surface area contributed by atoms with Crippen molar-refractivity contribution in [1.82, 2.24) is 0 Å². The van der Waals surface area contributed by atoms with Crippen molar-refractivity contribution >= 4 is 37.5 Å². The molecule has 0 unspecified atom stereocenters. The van der Waals surface area contributed by atoms with Crippen molar-refractivity contribution < 1.29 is 8.78 Å². The highest BCUT2D eigenvalue weighted by molar-refractivity contribution is 9.10. The minimum atomic E-state index is -0.302. The number of hydrogen-bond acceptors (Lipinski definition) is 1. The van der Waals surface area contributed by atoms with Gasteiger partial charge < -0.3 is 5.32 Å². The smallest absolute Gasteiger partial charge is 0.137 e. The lowest BCUT2D eigenvalue weighted by Crippen LogP contribution is -2.00. The van der Waals surface area contributed by atoms with Crippen LogP contribution in [-0.4, -0.2) is 0 Å². The van der Waals surface area contributed by atoms with Gasteiger partial charge in [0.25, 0.3) is 0 Å². The van der Waals surface area contributed by atoms with Crippen LogP contribution in [-0.2, 0) is 6.54 Å². The van der Waals surface area contributed by atoms with Crippen molar-refractivity contribution in [2.24, 2.45) is 0 Å². The predicted molar refractivity (Wildman–Crippen MR) is 75.5 cm³/mol. The summed E-state index contributed by atoms with van der Waals surface area (Å²) in [5.41, 5.74) is 1.72. The second-order valence-corrected chi connectivity index (χ2v) is 5.43. The molecule has 1 N–H and O–H groups in total. The van der Waals surface area contributed by atoms with E-state index in [1.807, 2.05) is 0 Å². The monoisotopic (exact) mass is 375 g/mol. The Morgan fingerprint density at radius 3 is 2.39 bits per heavy atom. The Kier molecular flexibility index (Phi) is 4.35. The summed E-state index contributed by atoms with van der Waals surface area (Å²) in [6.07, 6.45) is 0. The predicted octanol–water partition coefficient (Wildman–Crippen LogP) is 5.10. The molecule has 0 spiro atoms. The van der Waals surface area contributed by atoms with E-state index in [1.54, 1.807) is 18.2 Å². The van der Waals surface area contributed by atoms with Crippen LogP contribution in [0.1, 0.15) is 5.56 Å². The topological polar surface area (TPSA) is 12.0 Å². The Bertz CT molecular complexity index is 573. The fraction of sp³-hybridized carbons (Fsp3) is 0.0769. The van der Waals surface area contributed by atoms with E-state index in [2.05, 4.69) is 37.2 Å². The van der Waals surface area contributed by atoms with Crippen LogP contribution >= 0.6 is 31.9 Å². The van der Waals surface area contributed by atoms with Crippen molar-refractivity contribution in [3.8, 4) is 0 Å². The molecule has 2 rings (SSSR count). The Balaban J connectivity index is 2.09. The molecule has 18 heavy (non-hydrogen) atoms. The van der Waals surface area contributed by atoms with Crippen molar-refractivity contribution in [3.63, 3.8) is 0 Å². The summed E-state index contributed by atoms with van der Waals surface area (Å²) < 4.78 is 27.1. The van der Waals surface area contributed by atoms with Crippen LogP contribution in [0.2, 0.25) is 0 Å². The lowest BCUT2D eigenvalue weighted by molar-refractivity contribution is 0.621. The van der Waals surface area contributed by atoms with Gasteiger partial charge >= 0.3 is 0 Å². The summed E-state index contributed by atoms with van der Waals surface area (Å²) >= 11 is 6.42. The average Bonchev–Trinajstić information content (AvgIpc) is 2.32. The summed E-state index contributed by atoms with van der Waals surface area (Å²) in [4.78, 5) is 0. The molecule has 0 fully saturated rings. The average molecular weight is 377 g/mol. The van der Waals surface area contributed by atoms with Gasteiger partial charge in [-0.1, -0.05) is 22.0 Å². The normalized spacial score (nSPS) is 10.4. The number of halogens is 4. The second kappa shape index (κ2) is 5.80. The van der Waals surface area contributed by atoms with Gasteiger partial charge in [-0.3, -0.25) is 0 Å². The summed E-state index contributed by atoms with van der Waals surface area (Å²) in [5, 5.41) is 3.14. The Hall–Kier alpha value is -0.940. The standard InChI is InChI=1S/C13H9Br2F2N/c14-11-5-9(16)2-1-8(11)7-18-10-3-4-13(17)12(15)6-10/h1-6,18H,7H2. The third-order valence-corrected chi connectivity index (χ3v) is 3.76. The molecule has 0 aromatic heterocycles. The molecule has 0 radical (unpaired) electrons. The van der Waals surface area contributed by atoms with Crippen LogP contribution in [0, 0.1) is 11.6 Å². The van der Waals surface area contributed by atoms with Crippen LogP contribution in [0.3, 0.4) is 0 Å². The van der Waals surface area contributed by atoms with E-state index in [4.69, 9.17) is 0 Å². The fourth-order valence-electron chi connectivity index (χ4n) is 1.47. The third kappa shape index (κ3) is 3.29. The quantitative estimate of drug-likeness (QED) is 0.785.